The normalized spacial score (nSPS) is 13.8. The highest BCUT2D eigenvalue weighted by Crippen LogP contribution is 2.16. The average Bonchev–Trinajstić information content (AvgIpc) is 2.24. The molecule has 0 aromatic carbocycles. The summed E-state index contributed by atoms with van der Waals surface area (Å²) in [5.74, 6) is 0.992. The van der Waals surface area contributed by atoms with Gasteiger partial charge in [-0.15, -0.1) is 5.73 Å². The Hall–Kier alpha value is -0.810. The van der Waals surface area contributed by atoms with E-state index in [1.54, 1.807) is 0 Å². The Morgan fingerprint density at radius 1 is 1.19 bits per heavy atom. The zero-order chi connectivity index (χ0) is 12.4. The minimum atomic E-state index is 0.234. The summed E-state index contributed by atoms with van der Waals surface area (Å²) in [6.07, 6.45) is 9.00. The molecular formula is C15H26O. The van der Waals surface area contributed by atoms with Crippen LogP contribution in [0, 0.1) is 11.8 Å². The van der Waals surface area contributed by atoms with Crippen LogP contribution < -0.4 is 0 Å². The lowest BCUT2D eigenvalue weighted by molar-refractivity contribution is -0.110. The molecule has 92 valence electrons. The lowest BCUT2D eigenvalue weighted by Gasteiger charge is -2.10. The maximum atomic E-state index is 10.4. The van der Waals surface area contributed by atoms with Crippen molar-refractivity contribution < 1.29 is 4.79 Å². The summed E-state index contributed by atoms with van der Waals surface area (Å²) >= 11 is 0. The van der Waals surface area contributed by atoms with Gasteiger partial charge in [0, 0.05) is 5.92 Å². The first kappa shape index (κ1) is 15.2. The van der Waals surface area contributed by atoms with Crippen LogP contribution in [0.15, 0.2) is 17.4 Å². The Kier molecular flexibility index (Phi) is 8.94. The molecule has 0 radical (unpaired) electrons. The molecule has 0 saturated heterocycles. The van der Waals surface area contributed by atoms with Gasteiger partial charge in [0.1, 0.15) is 6.29 Å². The van der Waals surface area contributed by atoms with E-state index in [-0.39, 0.29) is 5.92 Å². The predicted molar refractivity (Wildman–Crippen MR) is 70.4 cm³/mol. The zero-order valence-corrected chi connectivity index (χ0v) is 11.3. The molecule has 0 aliphatic carbocycles. The molecular weight excluding hydrogens is 196 g/mol. The van der Waals surface area contributed by atoms with E-state index in [4.69, 9.17) is 0 Å². The SMILES string of the molecule is CC(C)=C=CCCC(C)CCCC(C)C=O. The van der Waals surface area contributed by atoms with Crippen molar-refractivity contribution >= 4 is 6.29 Å². The molecule has 1 nitrogen and oxygen atoms in total. The molecule has 2 atom stereocenters. The monoisotopic (exact) mass is 222 g/mol. The van der Waals surface area contributed by atoms with Crippen molar-refractivity contribution in [3.05, 3.63) is 17.4 Å². The highest BCUT2D eigenvalue weighted by atomic mass is 16.1. The van der Waals surface area contributed by atoms with E-state index in [1.807, 2.05) is 6.92 Å². The van der Waals surface area contributed by atoms with Crippen molar-refractivity contribution in [1.82, 2.24) is 0 Å². The smallest absolute Gasteiger partial charge is 0.122 e. The Morgan fingerprint density at radius 2 is 1.88 bits per heavy atom. The first-order valence-corrected chi connectivity index (χ1v) is 6.40. The van der Waals surface area contributed by atoms with Crippen LogP contribution in [0.25, 0.3) is 0 Å². The summed E-state index contributed by atoms with van der Waals surface area (Å²) in [6, 6.07) is 0. The summed E-state index contributed by atoms with van der Waals surface area (Å²) in [5.41, 5.74) is 4.47. The molecule has 0 aromatic rings. The van der Waals surface area contributed by atoms with Crippen LogP contribution in [-0.2, 0) is 4.79 Å². The third-order valence-corrected chi connectivity index (χ3v) is 2.78. The third-order valence-electron chi connectivity index (χ3n) is 2.78. The van der Waals surface area contributed by atoms with E-state index in [1.165, 1.54) is 24.8 Å². The summed E-state index contributed by atoms with van der Waals surface area (Å²) in [6.45, 7) is 8.43. The van der Waals surface area contributed by atoms with Crippen molar-refractivity contribution in [2.24, 2.45) is 11.8 Å². The van der Waals surface area contributed by atoms with Gasteiger partial charge in [-0.3, -0.25) is 0 Å². The maximum absolute atomic E-state index is 10.4. The Balaban J connectivity index is 3.56. The molecule has 0 saturated carbocycles. The highest BCUT2D eigenvalue weighted by Gasteiger charge is 2.03. The molecule has 0 heterocycles. The lowest BCUT2D eigenvalue weighted by atomic mass is 9.96. The second-order valence-electron chi connectivity index (χ2n) is 5.08. The fraction of sp³-hybridized carbons (Fsp3) is 0.733. The van der Waals surface area contributed by atoms with E-state index in [2.05, 4.69) is 32.6 Å². The van der Waals surface area contributed by atoms with Gasteiger partial charge in [0.2, 0.25) is 0 Å². The van der Waals surface area contributed by atoms with Gasteiger partial charge in [-0.1, -0.05) is 26.7 Å². The topological polar surface area (TPSA) is 17.1 Å². The number of allylic oxidation sites excluding steroid dienone is 1. The molecule has 2 unspecified atom stereocenters. The first-order chi connectivity index (χ1) is 7.56. The number of hydrogen-bond acceptors (Lipinski definition) is 1. The lowest BCUT2D eigenvalue weighted by Crippen LogP contribution is -1.99. The molecule has 0 amide bonds. The zero-order valence-electron chi connectivity index (χ0n) is 11.3. The van der Waals surface area contributed by atoms with Gasteiger partial charge in [0.05, 0.1) is 0 Å². The number of carbonyl (C=O) groups excluding carboxylic acids is 1. The number of aldehydes is 1. The summed E-state index contributed by atoms with van der Waals surface area (Å²) in [7, 11) is 0. The largest absolute Gasteiger partial charge is 0.303 e. The minimum absolute atomic E-state index is 0.234. The van der Waals surface area contributed by atoms with Crippen molar-refractivity contribution in [1.29, 1.82) is 0 Å². The molecule has 0 aliphatic rings. The average molecular weight is 222 g/mol. The second kappa shape index (κ2) is 9.42. The Morgan fingerprint density at radius 3 is 2.44 bits per heavy atom. The number of hydrogen-bond donors (Lipinski definition) is 0. The second-order valence-corrected chi connectivity index (χ2v) is 5.08. The van der Waals surface area contributed by atoms with Crippen LogP contribution in [0.3, 0.4) is 0 Å². The Labute approximate surface area is 101 Å². The molecule has 0 rings (SSSR count). The molecule has 0 aliphatic heterocycles. The molecule has 1 heteroatoms. The number of rotatable bonds is 8. The first-order valence-electron chi connectivity index (χ1n) is 6.40. The maximum Gasteiger partial charge on any atom is 0.122 e. The van der Waals surface area contributed by atoms with Crippen molar-refractivity contribution in [3.63, 3.8) is 0 Å². The molecule has 0 N–H and O–H groups in total. The van der Waals surface area contributed by atoms with Gasteiger partial charge in [0.15, 0.2) is 0 Å². The highest BCUT2D eigenvalue weighted by molar-refractivity contribution is 5.52. The predicted octanol–water partition coefficient (Wildman–Crippen LogP) is 4.53. The van der Waals surface area contributed by atoms with E-state index in [9.17, 15) is 4.79 Å². The van der Waals surface area contributed by atoms with Gasteiger partial charge in [0.25, 0.3) is 0 Å². The summed E-state index contributed by atoms with van der Waals surface area (Å²) in [5, 5.41) is 0. The van der Waals surface area contributed by atoms with Crippen LogP contribution in [-0.4, -0.2) is 6.29 Å². The molecule has 0 bridgehead atoms. The molecule has 16 heavy (non-hydrogen) atoms. The third kappa shape index (κ3) is 9.73. The van der Waals surface area contributed by atoms with Crippen LogP contribution in [0.4, 0.5) is 0 Å². The van der Waals surface area contributed by atoms with Crippen LogP contribution in [0.5, 0.6) is 0 Å². The fourth-order valence-electron chi connectivity index (χ4n) is 1.64. The van der Waals surface area contributed by atoms with Crippen LogP contribution in [0.1, 0.15) is 59.8 Å². The van der Waals surface area contributed by atoms with E-state index >= 15 is 0 Å². The molecule has 0 fully saturated rings. The van der Waals surface area contributed by atoms with Gasteiger partial charge in [-0.25, -0.2) is 0 Å². The van der Waals surface area contributed by atoms with Gasteiger partial charge >= 0.3 is 0 Å². The van der Waals surface area contributed by atoms with Crippen LogP contribution >= 0.6 is 0 Å². The van der Waals surface area contributed by atoms with E-state index in [0.717, 1.165) is 25.0 Å². The summed E-state index contributed by atoms with van der Waals surface area (Å²) in [4.78, 5) is 10.4. The van der Waals surface area contributed by atoms with Crippen molar-refractivity contribution in [3.8, 4) is 0 Å². The van der Waals surface area contributed by atoms with E-state index < -0.39 is 0 Å². The standard InChI is InChI=1S/C15H26O/c1-13(2)8-5-6-9-14(3)10-7-11-15(4)12-16/h5,12,14-15H,6-7,9-11H2,1-4H3. The van der Waals surface area contributed by atoms with Crippen molar-refractivity contribution in [2.45, 2.75) is 59.8 Å². The Bertz CT molecular complexity index is 242. The summed E-state index contributed by atoms with van der Waals surface area (Å²) < 4.78 is 0. The minimum Gasteiger partial charge on any atom is -0.303 e. The quantitative estimate of drug-likeness (QED) is 0.435. The van der Waals surface area contributed by atoms with Crippen LogP contribution in [0.2, 0.25) is 0 Å². The van der Waals surface area contributed by atoms with Crippen molar-refractivity contribution in [2.75, 3.05) is 0 Å². The fourth-order valence-corrected chi connectivity index (χ4v) is 1.64. The van der Waals surface area contributed by atoms with Gasteiger partial charge in [-0.05, 0) is 50.7 Å². The van der Waals surface area contributed by atoms with E-state index in [0.29, 0.717) is 0 Å². The molecule has 0 spiro atoms. The molecule has 0 aromatic heterocycles. The number of carbonyl (C=O) groups is 1. The van der Waals surface area contributed by atoms with Gasteiger partial charge in [-0.2, -0.15) is 0 Å². The van der Waals surface area contributed by atoms with Gasteiger partial charge < -0.3 is 4.79 Å².